The van der Waals surface area contributed by atoms with Crippen LogP contribution in [0.5, 0.6) is 0 Å². The summed E-state index contributed by atoms with van der Waals surface area (Å²) in [6.07, 6.45) is 4.32. The van der Waals surface area contributed by atoms with Crippen molar-refractivity contribution < 1.29 is 14.1 Å². The average Bonchev–Trinajstić information content (AvgIpc) is 3.43. The minimum Gasteiger partial charge on any atom is -0.358 e. The van der Waals surface area contributed by atoms with E-state index in [1.165, 1.54) is 12.7 Å². The SMILES string of the molecule is C[C@@H](NC(=O)c1ncnc2c1CC(=O)N2)c1cc(-c2nc3ncncc3[nH]2)no1. The van der Waals surface area contributed by atoms with Crippen LogP contribution in [0.15, 0.2) is 29.4 Å². The number of aromatic amines is 1. The molecular weight excluding hydrogens is 378 g/mol. The van der Waals surface area contributed by atoms with E-state index in [-0.39, 0.29) is 18.0 Å². The zero-order valence-corrected chi connectivity index (χ0v) is 15.0. The fraction of sp³-hybridized carbons (Fsp3) is 0.176. The summed E-state index contributed by atoms with van der Waals surface area (Å²) in [7, 11) is 0. The standard InChI is InChI=1S/C17H13N9O3/c1-7(22-17(28)13-8-2-12(27)24-14(8)21-6-19-13)11-3-9(26-29-11)16-23-10-4-18-5-20-15(10)25-16/h3-7H,2H2,1H3,(H,22,28)(H,18,20,23,25)(H,19,21,24,27)/t7-/m1/s1. The highest BCUT2D eigenvalue weighted by Crippen LogP contribution is 2.24. The normalized spacial score (nSPS) is 13.9. The van der Waals surface area contributed by atoms with E-state index in [9.17, 15) is 9.59 Å². The fourth-order valence-electron chi connectivity index (χ4n) is 3.04. The number of nitrogens with zero attached hydrogens (tertiary/aromatic N) is 6. The lowest BCUT2D eigenvalue weighted by atomic mass is 10.1. The van der Waals surface area contributed by atoms with Crippen LogP contribution < -0.4 is 10.6 Å². The van der Waals surface area contributed by atoms with E-state index in [1.54, 1.807) is 19.2 Å². The molecule has 0 saturated heterocycles. The number of hydrogen-bond donors (Lipinski definition) is 3. The summed E-state index contributed by atoms with van der Waals surface area (Å²) >= 11 is 0. The van der Waals surface area contributed by atoms with E-state index in [1.807, 2.05) is 0 Å². The summed E-state index contributed by atoms with van der Waals surface area (Å²) in [5, 5.41) is 9.39. The molecule has 0 bridgehead atoms. The van der Waals surface area contributed by atoms with Gasteiger partial charge in [-0.05, 0) is 6.92 Å². The number of aromatic nitrogens is 7. The van der Waals surface area contributed by atoms with Gasteiger partial charge in [-0.3, -0.25) is 9.59 Å². The maximum atomic E-state index is 12.7. The van der Waals surface area contributed by atoms with E-state index in [0.29, 0.717) is 39.8 Å². The minimum absolute atomic E-state index is 0.0642. The number of fused-ring (bicyclic) bond motifs is 2. The highest BCUT2D eigenvalue weighted by molar-refractivity contribution is 6.03. The highest BCUT2D eigenvalue weighted by Gasteiger charge is 2.27. The van der Waals surface area contributed by atoms with E-state index in [4.69, 9.17) is 4.52 Å². The molecule has 12 heteroatoms. The molecule has 0 fully saturated rings. The first-order valence-electron chi connectivity index (χ1n) is 8.66. The number of amides is 2. The molecule has 2 amide bonds. The minimum atomic E-state index is -0.497. The molecule has 4 aromatic heterocycles. The second-order valence-corrected chi connectivity index (χ2v) is 6.43. The lowest BCUT2D eigenvalue weighted by Crippen LogP contribution is -2.28. The summed E-state index contributed by atoms with van der Waals surface area (Å²) in [6.45, 7) is 1.75. The Hall–Kier alpha value is -4.22. The number of imidazole rings is 1. The number of anilines is 1. The van der Waals surface area contributed by atoms with Crippen molar-refractivity contribution >= 4 is 28.8 Å². The van der Waals surface area contributed by atoms with Gasteiger partial charge in [-0.1, -0.05) is 5.16 Å². The highest BCUT2D eigenvalue weighted by atomic mass is 16.5. The van der Waals surface area contributed by atoms with Crippen LogP contribution in [0.3, 0.4) is 0 Å². The Balaban J connectivity index is 1.36. The van der Waals surface area contributed by atoms with E-state index >= 15 is 0 Å². The molecule has 5 rings (SSSR count). The van der Waals surface area contributed by atoms with E-state index < -0.39 is 11.9 Å². The molecule has 1 atom stereocenters. The predicted molar refractivity (Wildman–Crippen MR) is 97.4 cm³/mol. The van der Waals surface area contributed by atoms with Gasteiger partial charge in [0.15, 0.2) is 17.2 Å². The summed E-state index contributed by atoms with van der Waals surface area (Å²) in [6, 6.07) is 1.18. The summed E-state index contributed by atoms with van der Waals surface area (Å²) in [5.41, 5.74) is 2.28. The third-order valence-electron chi connectivity index (χ3n) is 4.46. The van der Waals surface area contributed by atoms with Gasteiger partial charge in [0.05, 0.1) is 18.7 Å². The van der Waals surface area contributed by atoms with Crippen molar-refractivity contribution in [3.05, 3.63) is 41.9 Å². The topological polar surface area (TPSA) is 164 Å². The van der Waals surface area contributed by atoms with Crippen LogP contribution in [0.4, 0.5) is 5.82 Å². The van der Waals surface area contributed by atoms with Gasteiger partial charge in [-0.2, -0.15) is 0 Å². The van der Waals surface area contributed by atoms with Crippen LogP contribution in [-0.2, 0) is 11.2 Å². The van der Waals surface area contributed by atoms with Crippen molar-refractivity contribution in [2.75, 3.05) is 5.32 Å². The Morgan fingerprint density at radius 1 is 1.28 bits per heavy atom. The van der Waals surface area contributed by atoms with Gasteiger partial charge in [0.2, 0.25) is 5.91 Å². The van der Waals surface area contributed by atoms with Gasteiger partial charge in [-0.15, -0.1) is 0 Å². The Kier molecular flexibility index (Phi) is 3.76. The molecule has 0 aliphatic carbocycles. The molecule has 29 heavy (non-hydrogen) atoms. The van der Waals surface area contributed by atoms with Crippen molar-refractivity contribution in [3.8, 4) is 11.5 Å². The number of carbonyl (C=O) groups excluding carboxylic acids is 2. The number of H-pyrrole nitrogens is 1. The molecule has 0 saturated carbocycles. The Labute approximate surface area is 162 Å². The van der Waals surface area contributed by atoms with Crippen LogP contribution in [0.2, 0.25) is 0 Å². The smallest absolute Gasteiger partial charge is 0.270 e. The van der Waals surface area contributed by atoms with Crippen LogP contribution in [-0.4, -0.2) is 46.9 Å². The zero-order chi connectivity index (χ0) is 20.0. The molecule has 1 aliphatic heterocycles. The van der Waals surface area contributed by atoms with Crippen molar-refractivity contribution in [2.24, 2.45) is 0 Å². The molecule has 144 valence electrons. The lowest BCUT2D eigenvalue weighted by Gasteiger charge is -2.11. The summed E-state index contributed by atoms with van der Waals surface area (Å²) in [5.74, 6) is 0.604. The third kappa shape index (κ3) is 2.96. The maximum absolute atomic E-state index is 12.7. The van der Waals surface area contributed by atoms with Crippen molar-refractivity contribution in [1.29, 1.82) is 0 Å². The molecule has 4 aromatic rings. The first-order chi connectivity index (χ1) is 14.1. The van der Waals surface area contributed by atoms with Crippen molar-refractivity contribution in [2.45, 2.75) is 19.4 Å². The second-order valence-electron chi connectivity index (χ2n) is 6.43. The van der Waals surface area contributed by atoms with Crippen LogP contribution in [0.1, 0.15) is 34.8 Å². The maximum Gasteiger partial charge on any atom is 0.270 e. The molecule has 5 heterocycles. The quantitative estimate of drug-likeness (QED) is 0.456. The first kappa shape index (κ1) is 16.9. The van der Waals surface area contributed by atoms with Crippen molar-refractivity contribution in [1.82, 2.24) is 40.4 Å². The van der Waals surface area contributed by atoms with Gasteiger partial charge in [-0.25, -0.2) is 24.9 Å². The first-order valence-corrected chi connectivity index (χ1v) is 8.66. The fourth-order valence-corrected chi connectivity index (χ4v) is 3.04. The van der Waals surface area contributed by atoms with Gasteiger partial charge >= 0.3 is 0 Å². The molecule has 0 unspecified atom stereocenters. The van der Waals surface area contributed by atoms with Gasteiger partial charge in [0.1, 0.15) is 35.4 Å². The van der Waals surface area contributed by atoms with Crippen LogP contribution >= 0.6 is 0 Å². The number of hydrogen-bond acceptors (Lipinski definition) is 9. The van der Waals surface area contributed by atoms with Gasteiger partial charge in [0.25, 0.3) is 5.91 Å². The molecule has 1 aliphatic rings. The molecule has 0 spiro atoms. The predicted octanol–water partition coefficient (Wildman–Crippen LogP) is 0.783. The lowest BCUT2D eigenvalue weighted by molar-refractivity contribution is -0.115. The molecule has 3 N–H and O–H groups in total. The second kappa shape index (κ2) is 6.44. The zero-order valence-electron chi connectivity index (χ0n) is 15.0. The largest absolute Gasteiger partial charge is 0.358 e. The molecule has 12 nitrogen and oxygen atoms in total. The number of carbonyl (C=O) groups is 2. The summed E-state index contributed by atoms with van der Waals surface area (Å²) < 4.78 is 5.36. The molecule has 0 aromatic carbocycles. The van der Waals surface area contributed by atoms with Gasteiger partial charge < -0.3 is 20.1 Å². The Morgan fingerprint density at radius 3 is 3.03 bits per heavy atom. The molecular formula is C17H13N9O3. The average molecular weight is 391 g/mol. The van der Waals surface area contributed by atoms with E-state index in [2.05, 4.69) is 45.7 Å². The monoisotopic (exact) mass is 391 g/mol. The van der Waals surface area contributed by atoms with E-state index in [0.717, 1.165) is 0 Å². The summed E-state index contributed by atoms with van der Waals surface area (Å²) in [4.78, 5) is 47.6. The number of nitrogens with one attached hydrogen (secondary N) is 3. The van der Waals surface area contributed by atoms with Crippen LogP contribution in [0, 0.1) is 0 Å². The Bertz CT molecular complexity index is 1230. The molecule has 0 radical (unpaired) electrons. The third-order valence-corrected chi connectivity index (χ3v) is 4.46. The van der Waals surface area contributed by atoms with Gasteiger partial charge in [0, 0.05) is 11.6 Å². The van der Waals surface area contributed by atoms with Crippen molar-refractivity contribution in [3.63, 3.8) is 0 Å². The number of rotatable bonds is 4. The van der Waals surface area contributed by atoms with Crippen LogP contribution in [0.25, 0.3) is 22.7 Å². The Morgan fingerprint density at radius 2 is 2.17 bits per heavy atom.